The normalized spacial score (nSPS) is 12.1. The molecule has 0 spiro atoms. The van der Waals surface area contributed by atoms with E-state index in [9.17, 15) is 30.7 Å². The molecule has 2 N–H and O–H groups in total. The van der Waals surface area contributed by atoms with Crippen LogP contribution < -0.4 is 15.5 Å². The fraction of sp³-hybridized carbons (Fsp3) is 0.105. The summed E-state index contributed by atoms with van der Waals surface area (Å²) in [6, 6.07) is 8.32. The largest absolute Gasteiger partial charge is 0.573 e. The molecule has 0 fully saturated rings. The first-order valence-corrected chi connectivity index (χ1v) is 9.10. The van der Waals surface area contributed by atoms with Crippen LogP contribution >= 0.6 is 11.6 Å². The van der Waals surface area contributed by atoms with E-state index in [2.05, 4.69) is 30.5 Å². The lowest BCUT2D eigenvalue weighted by Gasteiger charge is -2.12. The quantitative estimate of drug-likeness (QED) is 0.180. The summed E-state index contributed by atoms with van der Waals surface area (Å²) in [4.78, 5) is 7.81. The Morgan fingerprint density at radius 2 is 1.64 bits per heavy atom. The molecule has 0 bridgehead atoms. The zero-order valence-electron chi connectivity index (χ0n) is 16.0. The van der Waals surface area contributed by atoms with Crippen molar-refractivity contribution in [2.75, 3.05) is 10.7 Å². The van der Waals surface area contributed by atoms with E-state index in [0.29, 0.717) is 17.7 Å². The van der Waals surface area contributed by atoms with Crippen molar-refractivity contribution >= 4 is 35.3 Å². The molecule has 6 nitrogen and oxygen atoms in total. The highest BCUT2D eigenvalue weighted by Gasteiger charge is 2.34. The van der Waals surface area contributed by atoms with Gasteiger partial charge in [-0.2, -0.15) is 28.2 Å². The summed E-state index contributed by atoms with van der Waals surface area (Å²) in [6.45, 7) is 0. The number of nitrogens with zero attached hydrogens (tertiary/aromatic N) is 3. The third-order valence-corrected chi connectivity index (χ3v) is 3.92. The Hall–Kier alpha value is -3.61. The molecule has 0 aliphatic carbocycles. The maximum Gasteiger partial charge on any atom is 0.573 e. The number of halogens is 8. The minimum atomic E-state index is -4.89. The lowest BCUT2D eigenvalue weighted by atomic mass is 10.2. The molecule has 1 heterocycles. The number of rotatable bonds is 6. The summed E-state index contributed by atoms with van der Waals surface area (Å²) < 4.78 is 92.3. The fourth-order valence-corrected chi connectivity index (χ4v) is 2.60. The fourth-order valence-electron chi connectivity index (χ4n) is 2.42. The van der Waals surface area contributed by atoms with Gasteiger partial charge in [0.1, 0.15) is 22.5 Å². The second-order valence-corrected chi connectivity index (χ2v) is 6.59. The number of aromatic nitrogens is 2. The predicted octanol–water partition coefficient (Wildman–Crippen LogP) is 6.38. The molecule has 33 heavy (non-hydrogen) atoms. The molecule has 0 aliphatic heterocycles. The van der Waals surface area contributed by atoms with Crippen LogP contribution in [-0.4, -0.2) is 22.5 Å². The number of hydrazone groups is 1. The lowest BCUT2D eigenvalue weighted by molar-refractivity contribution is -0.274. The van der Waals surface area contributed by atoms with Crippen molar-refractivity contribution in [2.24, 2.45) is 5.10 Å². The first-order chi connectivity index (χ1) is 15.4. The van der Waals surface area contributed by atoms with E-state index in [1.165, 1.54) is 24.4 Å². The van der Waals surface area contributed by atoms with Crippen molar-refractivity contribution in [2.45, 2.75) is 12.5 Å². The molecule has 0 saturated carbocycles. The number of alkyl halides is 6. The Bertz CT molecular complexity index is 1150. The molecule has 0 aliphatic rings. The maximum absolute atomic E-state index is 13.4. The first kappa shape index (κ1) is 24.0. The Kier molecular flexibility index (Phi) is 6.91. The highest BCUT2D eigenvalue weighted by atomic mass is 35.5. The number of anilines is 3. The molecule has 14 heteroatoms. The van der Waals surface area contributed by atoms with Gasteiger partial charge in [-0.3, -0.25) is 0 Å². The first-order valence-electron chi connectivity index (χ1n) is 8.72. The van der Waals surface area contributed by atoms with Crippen molar-refractivity contribution < 1.29 is 35.5 Å². The van der Waals surface area contributed by atoms with Crippen molar-refractivity contribution in [1.29, 1.82) is 0 Å². The van der Waals surface area contributed by atoms with Crippen LogP contribution in [-0.2, 0) is 6.18 Å². The highest BCUT2D eigenvalue weighted by Crippen LogP contribution is 2.33. The summed E-state index contributed by atoms with van der Waals surface area (Å²) >= 11 is 5.88. The van der Waals surface area contributed by atoms with Gasteiger partial charge in [0.25, 0.3) is 0 Å². The minimum absolute atomic E-state index is 0.0129. The SMILES string of the molecule is Fc1ccc(Nc2cc(Cl)nc(N/N=C\c3ccc(OC(F)(F)F)cc3)n2)cc1C(F)(F)F. The number of hydrogen-bond donors (Lipinski definition) is 2. The van der Waals surface area contributed by atoms with Gasteiger partial charge in [-0.1, -0.05) is 11.6 Å². The zero-order chi connectivity index (χ0) is 24.2. The lowest BCUT2D eigenvalue weighted by Crippen LogP contribution is -2.17. The monoisotopic (exact) mass is 493 g/mol. The summed E-state index contributed by atoms with van der Waals surface area (Å²) in [5, 5.41) is 6.29. The van der Waals surface area contributed by atoms with Crippen LogP contribution in [0.3, 0.4) is 0 Å². The molecule has 0 atom stereocenters. The van der Waals surface area contributed by atoms with Crippen LogP contribution in [0, 0.1) is 5.82 Å². The van der Waals surface area contributed by atoms with Crippen LogP contribution in [0.1, 0.15) is 11.1 Å². The summed E-state index contributed by atoms with van der Waals surface area (Å²) in [6.07, 6.45) is -8.46. The third kappa shape index (κ3) is 7.20. The van der Waals surface area contributed by atoms with Gasteiger partial charge in [0.05, 0.1) is 11.8 Å². The molecule has 2 aromatic carbocycles. The number of ether oxygens (including phenoxy) is 1. The Morgan fingerprint density at radius 3 is 2.27 bits per heavy atom. The molecular formula is C19H11ClF7N5O. The van der Waals surface area contributed by atoms with Crippen molar-refractivity contribution in [3.05, 3.63) is 70.6 Å². The number of nitrogens with one attached hydrogen (secondary N) is 2. The third-order valence-electron chi connectivity index (χ3n) is 3.73. The van der Waals surface area contributed by atoms with Gasteiger partial charge in [0.2, 0.25) is 5.95 Å². The van der Waals surface area contributed by atoms with E-state index >= 15 is 0 Å². The van der Waals surface area contributed by atoms with Crippen molar-refractivity contribution in [1.82, 2.24) is 9.97 Å². The Labute approximate surface area is 186 Å². The zero-order valence-corrected chi connectivity index (χ0v) is 16.7. The van der Waals surface area contributed by atoms with E-state index in [4.69, 9.17) is 11.6 Å². The standard InChI is InChI=1S/C19H11ClF7N5O/c20-15-8-16(29-11-3-6-14(21)13(7-11)18(22,23)24)31-17(30-15)32-28-9-10-1-4-12(5-2-10)33-19(25,26)27/h1-9H,(H2,29,30,31,32)/b28-9-. The molecule has 0 saturated heterocycles. The van der Waals surface area contributed by atoms with Gasteiger partial charge in [0, 0.05) is 11.8 Å². The molecular weight excluding hydrogens is 483 g/mol. The second kappa shape index (κ2) is 9.48. The average molecular weight is 494 g/mol. The summed E-state index contributed by atoms with van der Waals surface area (Å²) in [5.74, 6) is -1.99. The van der Waals surface area contributed by atoms with Gasteiger partial charge in [-0.15, -0.1) is 13.2 Å². The van der Waals surface area contributed by atoms with Gasteiger partial charge in [0.15, 0.2) is 0 Å². The average Bonchev–Trinajstić information content (AvgIpc) is 2.68. The molecule has 3 aromatic rings. The molecule has 174 valence electrons. The van der Waals surface area contributed by atoms with Crippen molar-refractivity contribution in [3.8, 4) is 5.75 Å². The molecule has 1 aromatic heterocycles. The summed E-state index contributed by atoms with van der Waals surface area (Å²) in [5.41, 5.74) is 1.28. The van der Waals surface area contributed by atoms with Crippen LogP contribution in [0.15, 0.2) is 53.6 Å². The van der Waals surface area contributed by atoms with E-state index < -0.39 is 29.7 Å². The second-order valence-electron chi connectivity index (χ2n) is 6.20. The van der Waals surface area contributed by atoms with Crippen LogP contribution in [0.25, 0.3) is 0 Å². The van der Waals surface area contributed by atoms with Crippen LogP contribution in [0.2, 0.25) is 5.15 Å². The van der Waals surface area contributed by atoms with Crippen molar-refractivity contribution in [3.63, 3.8) is 0 Å². The van der Waals surface area contributed by atoms with Crippen LogP contribution in [0.4, 0.5) is 48.2 Å². The number of benzene rings is 2. The van der Waals surface area contributed by atoms with Gasteiger partial charge >= 0.3 is 12.5 Å². The molecule has 0 unspecified atom stereocenters. The molecule has 0 radical (unpaired) electrons. The van der Waals surface area contributed by atoms with Gasteiger partial charge < -0.3 is 10.1 Å². The van der Waals surface area contributed by atoms with Gasteiger partial charge in [-0.05, 0) is 48.0 Å². The maximum atomic E-state index is 13.4. The van der Waals surface area contributed by atoms with E-state index in [1.807, 2.05) is 0 Å². The van der Waals surface area contributed by atoms with Gasteiger partial charge in [-0.25, -0.2) is 9.82 Å². The number of hydrogen-bond acceptors (Lipinski definition) is 6. The predicted molar refractivity (Wildman–Crippen MR) is 106 cm³/mol. The topological polar surface area (TPSA) is 71.4 Å². The molecule has 0 amide bonds. The van der Waals surface area contributed by atoms with E-state index in [-0.39, 0.29) is 22.6 Å². The molecule has 3 rings (SSSR count). The van der Waals surface area contributed by atoms with E-state index in [0.717, 1.165) is 18.2 Å². The van der Waals surface area contributed by atoms with E-state index in [1.54, 1.807) is 0 Å². The minimum Gasteiger partial charge on any atom is -0.406 e. The summed E-state index contributed by atoms with van der Waals surface area (Å²) in [7, 11) is 0. The Balaban J connectivity index is 1.70. The smallest absolute Gasteiger partial charge is 0.406 e. The highest BCUT2D eigenvalue weighted by molar-refractivity contribution is 6.29. The Morgan fingerprint density at radius 1 is 0.939 bits per heavy atom. The van der Waals surface area contributed by atoms with Crippen LogP contribution in [0.5, 0.6) is 5.75 Å².